The van der Waals surface area contributed by atoms with E-state index in [2.05, 4.69) is 42.0 Å². The Hall–Kier alpha value is -0.250. The van der Waals surface area contributed by atoms with Gasteiger partial charge in [0.1, 0.15) is 0 Å². The lowest BCUT2D eigenvalue weighted by Gasteiger charge is -2.22. The molecule has 0 aliphatic carbocycles. The smallest absolute Gasteiger partial charge is 0.252 e. The predicted molar refractivity (Wildman–Crippen MR) is 85.6 cm³/mol. The van der Waals surface area contributed by atoms with Gasteiger partial charge in [-0.1, -0.05) is 59.9 Å². The first-order chi connectivity index (χ1) is 8.69. The lowest BCUT2D eigenvalue weighted by atomic mass is 9.90. The van der Waals surface area contributed by atoms with E-state index in [-0.39, 0.29) is 16.1 Å². The number of carbonyl (C=O) groups excluding carboxylic acids is 1. The molecule has 1 amide bonds. The molecule has 1 rings (SSSR count). The molecule has 19 heavy (non-hydrogen) atoms. The molecule has 106 valence electrons. The van der Waals surface area contributed by atoms with Crippen LogP contribution in [0.3, 0.4) is 0 Å². The van der Waals surface area contributed by atoms with E-state index in [4.69, 9.17) is 23.2 Å². The average molecular weight is 367 g/mol. The molecule has 1 unspecified atom stereocenters. The highest BCUT2D eigenvalue weighted by Gasteiger charge is 2.18. The maximum atomic E-state index is 12.0. The van der Waals surface area contributed by atoms with Crippen LogP contribution in [0, 0.1) is 5.41 Å². The minimum absolute atomic E-state index is 0.181. The number of hydrogen-bond donors (Lipinski definition) is 1. The summed E-state index contributed by atoms with van der Waals surface area (Å²) in [7, 11) is 0. The van der Waals surface area contributed by atoms with Crippen molar-refractivity contribution < 1.29 is 4.79 Å². The normalized spacial score (nSPS) is 13.2. The highest BCUT2D eigenvalue weighted by atomic mass is 79.9. The summed E-state index contributed by atoms with van der Waals surface area (Å²) >= 11 is 15.4. The Kier molecular flexibility index (Phi) is 6.15. The SMILES string of the molecule is CC(C)(C)CC(Br)CNC(=O)c1ccc(Cl)cc1Cl. The zero-order valence-corrected chi connectivity index (χ0v) is 14.4. The molecule has 0 aliphatic heterocycles. The molecule has 2 nitrogen and oxygen atoms in total. The minimum atomic E-state index is -0.181. The van der Waals surface area contributed by atoms with Crippen LogP contribution in [0.15, 0.2) is 18.2 Å². The molecule has 1 aromatic rings. The maximum Gasteiger partial charge on any atom is 0.252 e. The van der Waals surface area contributed by atoms with Crippen molar-refractivity contribution >= 4 is 45.0 Å². The number of hydrogen-bond acceptors (Lipinski definition) is 1. The van der Waals surface area contributed by atoms with Gasteiger partial charge in [0, 0.05) is 16.4 Å². The molecule has 0 bridgehead atoms. The Bertz CT molecular complexity index is 457. The highest BCUT2D eigenvalue weighted by molar-refractivity contribution is 9.09. The van der Waals surface area contributed by atoms with Crippen molar-refractivity contribution in [1.29, 1.82) is 0 Å². The van der Waals surface area contributed by atoms with Gasteiger partial charge in [-0.05, 0) is 30.0 Å². The lowest BCUT2D eigenvalue weighted by Crippen LogP contribution is -2.31. The van der Waals surface area contributed by atoms with Crippen LogP contribution in [0.4, 0.5) is 0 Å². The van der Waals surface area contributed by atoms with Crippen LogP contribution >= 0.6 is 39.1 Å². The number of halogens is 3. The monoisotopic (exact) mass is 365 g/mol. The Labute approximate surface area is 133 Å². The second-order valence-corrected chi connectivity index (χ2v) is 7.83. The fourth-order valence-electron chi connectivity index (χ4n) is 1.71. The van der Waals surface area contributed by atoms with Gasteiger partial charge < -0.3 is 5.32 Å². The molecule has 0 heterocycles. The van der Waals surface area contributed by atoms with Crippen molar-refractivity contribution in [3.8, 4) is 0 Å². The van der Waals surface area contributed by atoms with Gasteiger partial charge in [-0.2, -0.15) is 0 Å². The molecule has 5 heteroatoms. The number of benzene rings is 1. The molecule has 1 N–H and O–H groups in total. The van der Waals surface area contributed by atoms with Crippen molar-refractivity contribution in [2.24, 2.45) is 5.41 Å². The second-order valence-electron chi connectivity index (χ2n) is 5.70. The molecule has 0 saturated carbocycles. The molecule has 0 radical (unpaired) electrons. The lowest BCUT2D eigenvalue weighted by molar-refractivity contribution is 0.0952. The predicted octanol–water partition coefficient (Wildman–Crippen LogP) is 4.92. The van der Waals surface area contributed by atoms with E-state index in [1.807, 2.05) is 0 Å². The first-order valence-corrected chi connectivity index (χ1v) is 7.73. The summed E-state index contributed by atoms with van der Waals surface area (Å²) in [6.45, 7) is 7.06. The zero-order chi connectivity index (χ0) is 14.6. The van der Waals surface area contributed by atoms with Crippen LogP contribution in [-0.2, 0) is 0 Å². The molecule has 1 aromatic carbocycles. The number of alkyl halides is 1. The second kappa shape index (κ2) is 6.96. The summed E-state index contributed by atoms with van der Waals surface area (Å²) in [4.78, 5) is 12.2. The van der Waals surface area contributed by atoms with Crippen LogP contribution in [0.1, 0.15) is 37.6 Å². The van der Waals surface area contributed by atoms with Crippen molar-refractivity contribution in [3.05, 3.63) is 33.8 Å². The van der Waals surface area contributed by atoms with E-state index >= 15 is 0 Å². The summed E-state index contributed by atoms with van der Waals surface area (Å²) < 4.78 is 0. The molecule has 0 saturated heterocycles. The fourth-order valence-corrected chi connectivity index (χ4v) is 3.34. The van der Waals surface area contributed by atoms with E-state index in [0.29, 0.717) is 22.2 Å². The van der Waals surface area contributed by atoms with Crippen LogP contribution in [-0.4, -0.2) is 17.3 Å². The van der Waals surface area contributed by atoms with Gasteiger partial charge in [0.2, 0.25) is 0 Å². The minimum Gasteiger partial charge on any atom is -0.351 e. The Balaban J connectivity index is 2.56. The van der Waals surface area contributed by atoms with Gasteiger partial charge in [-0.3, -0.25) is 4.79 Å². The molecule has 0 spiro atoms. The van der Waals surface area contributed by atoms with Crippen molar-refractivity contribution in [1.82, 2.24) is 5.32 Å². The van der Waals surface area contributed by atoms with E-state index in [0.717, 1.165) is 6.42 Å². The van der Waals surface area contributed by atoms with Crippen LogP contribution in [0.2, 0.25) is 10.0 Å². The summed E-state index contributed by atoms with van der Waals surface area (Å²) in [6, 6.07) is 4.86. The first-order valence-electron chi connectivity index (χ1n) is 6.06. The Morgan fingerprint density at radius 1 is 1.37 bits per heavy atom. The molecular formula is C14H18BrCl2NO. The van der Waals surface area contributed by atoms with E-state index in [1.54, 1.807) is 18.2 Å². The summed E-state index contributed by atoms with van der Waals surface area (Å²) in [6.07, 6.45) is 0.974. The van der Waals surface area contributed by atoms with Crippen LogP contribution < -0.4 is 5.32 Å². The number of carbonyl (C=O) groups is 1. The van der Waals surface area contributed by atoms with Crippen LogP contribution in [0.25, 0.3) is 0 Å². The quantitative estimate of drug-likeness (QED) is 0.752. The summed E-state index contributed by atoms with van der Waals surface area (Å²) in [5.41, 5.74) is 0.665. The van der Waals surface area contributed by atoms with E-state index in [9.17, 15) is 4.79 Å². The standard InChI is InChI=1S/C14H18BrCl2NO/c1-14(2,3)7-9(15)8-18-13(19)11-5-4-10(16)6-12(11)17/h4-6,9H,7-8H2,1-3H3,(H,18,19). The highest BCUT2D eigenvalue weighted by Crippen LogP contribution is 2.24. The van der Waals surface area contributed by atoms with Gasteiger partial charge in [-0.15, -0.1) is 0 Å². The largest absolute Gasteiger partial charge is 0.351 e. The summed E-state index contributed by atoms with van der Waals surface area (Å²) in [5.74, 6) is -0.181. The van der Waals surface area contributed by atoms with E-state index in [1.165, 1.54) is 0 Å². The van der Waals surface area contributed by atoms with Gasteiger partial charge in [-0.25, -0.2) is 0 Å². The van der Waals surface area contributed by atoms with Crippen LogP contribution in [0.5, 0.6) is 0 Å². The molecule has 0 aromatic heterocycles. The fraction of sp³-hybridized carbons (Fsp3) is 0.500. The topological polar surface area (TPSA) is 29.1 Å². The summed E-state index contributed by atoms with van der Waals surface area (Å²) in [5, 5.41) is 3.76. The molecule has 0 aliphatic rings. The Morgan fingerprint density at radius 3 is 2.53 bits per heavy atom. The van der Waals surface area contributed by atoms with Crippen molar-refractivity contribution in [2.45, 2.75) is 32.0 Å². The van der Waals surface area contributed by atoms with Crippen molar-refractivity contribution in [2.75, 3.05) is 6.54 Å². The third-order valence-corrected chi connectivity index (χ3v) is 3.69. The molecular weight excluding hydrogens is 349 g/mol. The van der Waals surface area contributed by atoms with E-state index < -0.39 is 0 Å². The van der Waals surface area contributed by atoms with Gasteiger partial charge in [0.25, 0.3) is 5.91 Å². The third-order valence-electron chi connectivity index (χ3n) is 2.49. The average Bonchev–Trinajstić information content (AvgIpc) is 2.23. The zero-order valence-electron chi connectivity index (χ0n) is 11.3. The van der Waals surface area contributed by atoms with Crippen molar-refractivity contribution in [3.63, 3.8) is 0 Å². The number of amides is 1. The number of nitrogens with one attached hydrogen (secondary N) is 1. The van der Waals surface area contributed by atoms with Gasteiger partial charge in [0.05, 0.1) is 10.6 Å². The first kappa shape index (κ1) is 16.8. The molecule has 1 atom stereocenters. The number of rotatable bonds is 4. The van der Waals surface area contributed by atoms with Gasteiger partial charge >= 0.3 is 0 Å². The maximum absolute atomic E-state index is 12.0. The molecule has 0 fully saturated rings. The third kappa shape index (κ3) is 6.15. The van der Waals surface area contributed by atoms with Gasteiger partial charge in [0.15, 0.2) is 0 Å². The Morgan fingerprint density at radius 2 is 2.00 bits per heavy atom.